The smallest absolute Gasteiger partial charge is 0.319 e. The van der Waals surface area contributed by atoms with Crippen LogP contribution in [0, 0.1) is 0 Å². The molecule has 1 atom stereocenters. The topological polar surface area (TPSA) is 45.6 Å². The van der Waals surface area contributed by atoms with Crippen molar-refractivity contribution in [3.05, 3.63) is 66.2 Å². The lowest BCUT2D eigenvalue weighted by molar-refractivity contribution is -0.898. The maximum absolute atomic E-state index is 12.3. The number of urea groups is 1. The molecule has 122 valence electrons. The molecule has 0 bridgehead atoms. The van der Waals surface area contributed by atoms with Crippen molar-refractivity contribution >= 4 is 11.7 Å². The third-order valence-corrected chi connectivity index (χ3v) is 4.03. The summed E-state index contributed by atoms with van der Waals surface area (Å²) in [5.74, 6) is 0. The second-order valence-electron chi connectivity index (χ2n) is 5.59. The van der Waals surface area contributed by atoms with Crippen molar-refractivity contribution in [3.8, 4) is 0 Å². The Morgan fingerprint density at radius 2 is 1.52 bits per heavy atom. The van der Waals surface area contributed by atoms with Gasteiger partial charge in [0.25, 0.3) is 0 Å². The molecule has 0 saturated carbocycles. The van der Waals surface area contributed by atoms with Crippen LogP contribution in [0.1, 0.15) is 25.5 Å². The molecule has 23 heavy (non-hydrogen) atoms. The number of carbonyl (C=O) groups is 1. The van der Waals surface area contributed by atoms with Crippen LogP contribution in [0.2, 0.25) is 0 Å². The van der Waals surface area contributed by atoms with Gasteiger partial charge >= 0.3 is 6.03 Å². The minimum atomic E-state index is -0.170. The van der Waals surface area contributed by atoms with Crippen LogP contribution in [-0.2, 0) is 0 Å². The van der Waals surface area contributed by atoms with Gasteiger partial charge in [0.1, 0.15) is 12.6 Å². The van der Waals surface area contributed by atoms with Gasteiger partial charge in [0.05, 0.1) is 13.1 Å². The van der Waals surface area contributed by atoms with Crippen LogP contribution < -0.4 is 15.5 Å². The maximum atomic E-state index is 12.3. The fourth-order valence-electron chi connectivity index (χ4n) is 2.61. The fourth-order valence-corrected chi connectivity index (χ4v) is 2.61. The van der Waals surface area contributed by atoms with Crippen molar-refractivity contribution in [2.24, 2.45) is 0 Å². The summed E-state index contributed by atoms with van der Waals surface area (Å²) in [5, 5.41) is 6.00. The normalized spacial score (nSPS) is 12.0. The molecular weight excluding hydrogens is 286 g/mol. The predicted molar refractivity (Wildman–Crippen MR) is 94.7 cm³/mol. The number of amides is 2. The summed E-state index contributed by atoms with van der Waals surface area (Å²) in [6.45, 7) is 7.30. The van der Waals surface area contributed by atoms with E-state index in [0.717, 1.165) is 30.9 Å². The van der Waals surface area contributed by atoms with Gasteiger partial charge in [0, 0.05) is 5.69 Å². The third-order valence-electron chi connectivity index (χ3n) is 4.03. The Balaban J connectivity index is 2.06. The Bertz CT molecular complexity index is 582. The van der Waals surface area contributed by atoms with Crippen molar-refractivity contribution in [2.75, 3.05) is 25.0 Å². The van der Waals surface area contributed by atoms with Gasteiger partial charge in [-0.1, -0.05) is 48.5 Å². The summed E-state index contributed by atoms with van der Waals surface area (Å²) in [7, 11) is 0. The molecule has 0 aliphatic heterocycles. The number of quaternary nitrogens is 1. The lowest BCUT2D eigenvalue weighted by Crippen LogP contribution is -3.12. The molecule has 0 saturated heterocycles. The van der Waals surface area contributed by atoms with Gasteiger partial charge < -0.3 is 15.5 Å². The van der Waals surface area contributed by atoms with Crippen LogP contribution >= 0.6 is 0 Å². The number of carbonyl (C=O) groups excluding carboxylic acids is 1. The first-order chi connectivity index (χ1) is 11.2. The molecule has 0 fully saturated rings. The number of anilines is 1. The summed E-state index contributed by atoms with van der Waals surface area (Å²) in [5.41, 5.74) is 1.93. The number of hydrogen-bond acceptors (Lipinski definition) is 1. The molecule has 4 nitrogen and oxygen atoms in total. The average Bonchev–Trinajstić information content (AvgIpc) is 2.60. The number of hydrogen-bond donors (Lipinski definition) is 3. The van der Waals surface area contributed by atoms with Crippen molar-refractivity contribution in [2.45, 2.75) is 19.9 Å². The predicted octanol–water partition coefficient (Wildman–Crippen LogP) is 2.47. The first-order valence-corrected chi connectivity index (χ1v) is 8.24. The fraction of sp³-hybridized carbons (Fsp3) is 0.316. The zero-order chi connectivity index (χ0) is 16.5. The van der Waals surface area contributed by atoms with E-state index in [1.807, 2.05) is 48.5 Å². The van der Waals surface area contributed by atoms with Crippen molar-refractivity contribution in [1.29, 1.82) is 0 Å². The molecule has 0 spiro atoms. The first kappa shape index (κ1) is 17.0. The van der Waals surface area contributed by atoms with E-state index in [0.29, 0.717) is 0 Å². The van der Waals surface area contributed by atoms with E-state index in [9.17, 15) is 4.79 Å². The molecule has 2 amide bonds. The SMILES string of the molecule is CC[NH+](CC)C[C@@H](NC(=O)Nc1ccccc1)c1ccccc1. The van der Waals surface area contributed by atoms with E-state index < -0.39 is 0 Å². The van der Waals surface area contributed by atoms with Crippen LogP contribution in [0.25, 0.3) is 0 Å². The summed E-state index contributed by atoms with van der Waals surface area (Å²) in [4.78, 5) is 13.8. The largest absolute Gasteiger partial charge is 0.333 e. The highest BCUT2D eigenvalue weighted by molar-refractivity contribution is 5.89. The van der Waals surface area contributed by atoms with Crippen molar-refractivity contribution in [3.63, 3.8) is 0 Å². The number of likely N-dealkylation sites (N-methyl/N-ethyl adjacent to an activating group) is 1. The molecule has 0 aliphatic carbocycles. The van der Waals surface area contributed by atoms with Crippen molar-refractivity contribution in [1.82, 2.24) is 5.32 Å². The second kappa shape index (κ2) is 8.96. The monoisotopic (exact) mass is 312 g/mol. The van der Waals surface area contributed by atoms with Gasteiger partial charge in [-0.05, 0) is 31.5 Å². The van der Waals surface area contributed by atoms with Crippen LogP contribution in [0.5, 0.6) is 0 Å². The summed E-state index contributed by atoms with van der Waals surface area (Å²) in [6.07, 6.45) is 0. The Morgan fingerprint density at radius 3 is 2.09 bits per heavy atom. The summed E-state index contributed by atoms with van der Waals surface area (Å²) < 4.78 is 0. The maximum Gasteiger partial charge on any atom is 0.319 e. The van der Waals surface area contributed by atoms with Crippen LogP contribution in [0.3, 0.4) is 0 Å². The summed E-state index contributed by atoms with van der Waals surface area (Å²) in [6, 6.07) is 19.5. The number of nitrogens with one attached hydrogen (secondary N) is 3. The molecule has 0 unspecified atom stereocenters. The molecule has 0 heterocycles. The van der Waals surface area contributed by atoms with Crippen LogP contribution in [0.4, 0.5) is 10.5 Å². The van der Waals surface area contributed by atoms with Crippen molar-refractivity contribution < 1.29 is 9.69 Å². The Morgan fingerprint density at radius 1 is 0.957 bits per heavy atom. The molecule has 2 rings (SSSR count). The quantitative estimate of drug-likeness (QED) is 0.722. The standard InChI is InChI=1S/C19H25N3O/c1-3-22(4-2)15-18(16-11-7-5-8-12-16)21-19(23)20-17-13-9-6-10-14-17/h5-14,18H,3-4,15H2,1-2H3,(H2,20,21,23)/p+1/t18-/m1/s1. The molecule has 3 N–H and O–H groups in total. The van der Waals surface area contributed by atoms with Gasteiger partial charge in [0.2, 0.25) is 0 Å². The van der Waals surface area contributed by atoms with E-state index in [2.05, 4.69) is 36.6 Å². The van der Waals surface area contributed by atoms with Gasteiger partial charge in [0.15, 0.2) is 0 Å². The minimum absolute atomic E-state index is 0.00480. The highest BCUT2D eigenvalue weighted by Gasteiger charge is 2.19. The number of benzene rings is 2. The zero-order valence-corrected chi connectivity index (χ0v) is 13.9. The third kappa shape index (κ3) is 5.42. The van der Waals surface area contributed by atoms with E-state index in [1.54, 1.807) is 0 Å². The van der Waals surface area contributed by atoms with E-state index >= 15 is 0 Å². The highest BCUT2D eigenvalue weighted by atomic mass is 16.2. The Labute approximate surface area is 138 Å². The van der Waals surface area contributed by atoms with E-state index in [4.69, 9.17) is 0 Å². The molecular formula is C19H26N3O+. The summed E-state index contributed by atoms with van der Waals surface area (Å²) >= 11 is 0. The molecule has 4 heteroatoms. The lowest BCUT2D eigenvalue weighted by atomic mass is 10.1. The highest BCUT2D eigenvalue weighted by Crippen LogP contribution is 2.12. The molecule has 0 aromatic heterocycles. The van der Waals surface area contributed by atoms with E-state index in [-0.39, 0.29) is 12.1 Å². The Hall–Kier alpha value is -2.33. The van der Waals surface area contributed by atoms with E-state index in [1.165, 1.54) is 4.90 Å². The first-order valence-electron chi connectivity index (χ1n) is 8.24. The van der Waals surface area contributed by atoms with Crippen LogP contribution in [0.15, 0.2) is 60.7 Å². The van der Waals surface area contributed by atoms with Gasteiger partial charge in [-0.2, -0.15) is 0 Å². The number of rotatable bonds is 7. The van der Waals surface area contributed by atoms with Gasteiger partial charge in [-0.3, -0.25) is 0 Å². The molecule has 0 radical (unpaired) electrons. The number of para-hydroxylation sites is 1. The second-order valence-corrected chi connectivity index (χ2v) is 5.59. The molecule has 2 aromatic carbocycles. The van der Waals surface area contributed by atoms with Gasteiger partial charge in [-0.25, -0.2) is 4.79 Å². The molecule has 2 aromatic rings. The molecule has 0 aliphatic rings. The average molecular weight is 312 g/mol. The minimum Gasteiger partial charge on any atom is -0.333 e. The Kier molecular flexibility index (Phi) is 6.63. The lowest BCUT2D eigenvalue weighted by Gasteiger charge is -2.24. The van der Waals surface area contributed by atoms with Crippen LogP contribution in [-0.4, -0.2) is 25.7 Å². The van der Waals surface area contributed by atoms with Gasteiger partial charge in [-0.15, -0.1) is 0 Å². The zero-order valence-electron chi connectivity index (χ0n) is 13.9.